The number of hydrogen-bond acceptors (Lipinski definition) is 1. The van der Waals surface area contributed by atoms with Gasteiger partial charge in [0, 0.05) is 6.20 Å². The number of aromatic nitrogens is 1. The van der Waals surface area contributed by atoms with Crippen molar-refractivity contribution < 1.29 is 4.74 Å². The molecule has 0 aliphatic carbocycles. The Morgan fingerprint density at radius 1 is 1.70 bits per heavy atom. The van der Waals surface area contributed by atoms with Gasteiger partial charge in [0.15, 0.2) is 0 Å². The molecule has 2 heterocycles. The van der Waals surface area contributed by atoms with E-state index in [0.717, 1.165) is 18.8 Å². The molecule has 1 aromatic rings. The van der Waals surface area contributed by atoms with E-state index in [9.17, 15) is 0 Å². The van der Waals surface area contributed by atoms with Crippen LogP contribution in [0.15, 0.2) is 12.3 Å². The van der Waals surface area contributed by atoms with Crippen LogP contribution in [0.4, 0.5) is 0 Å². The van der Waals surface area contributed by atoms with Crippen LogP contribution in [0.1, 0.15) is 12.6 Å². The molecule has 1 atom stereocenters. The van der Waals surface area contributed by atoms with Gasteiger partial charge in [0.2, 0.25) is 0 Å². The van der Waals surface area contributed by atoms with Crippen LogP contribution >= 0.6 is 0 Å². The number of H-pyrrole nitrogens is 1. The van der Waals surface area contributed by atoms with Gasteiger partial charge in [-0.15, -0.1) is 0 Å². The Kier molecular flexibility index (Phi) is 1.19. The van der Waals surface area contributed by atoms with Gasteiger partial charge in [-0.1, -0.05) is 6.92 Å². The molecule has 1 aliphatic rings. The predicted molar refractivity (Wildman–Crippen MR) is 39.2 cm³/mol. The Bertz CT molecular complexity index is 229. The first-order valence-electron chi connectivity index (χ1n) is 3.65. The van der Waals surface area contributed by atoms with Crippen molar-refractivity contribution in [1.82, 2.24) is 4.98 Å². The summed E-state index contributed by atoms with van der Waals surface area (Å²) in [4.78, 5) is 3.16. The minimum Gasteiger partial charge on any atom is -0.491 e. The van der Waals surface area contributed by atoms with Crippen molar-refractivity contribution in [3.05, 3.63) is 18.0 Å². The molecule has 1 unspecified atom stereocenters. The standard InChI is InChI=1S/C8H11NO/c1-6-4-7-8(10-5-6)2-3-9-7/h2-3,6,9H,4-5H2,1H3. The second-order valence-corrected chi connectivity index (χ2v) is 2.94. The molecule has 1 aliphatic heterocycles. The molecule has 0 radical (unpaired) electrons. The van der Waals surface area contributed by atoms with Crippen molar-refractivity contribution in [3.63, 3.8) is 0 Å². The summed E-state index contributed by atoms with van der Waals surface area (Å²) >= 11 is 0. The van der Waals surface area contributed by atoms with Gasteiger partial charge < -0.3 is 9.72 Å². The van der Waals surface area contributed by atoms with Gasteiger partial charge >= 0.3 is 0 Å². The maximum Gasteiger partial charge on any atom is 0.139 e. The first-order chi connectivity index (χ1) is 4.86. The fourth-order valence-corrected chi connectivity index (χ4v) is 1.32. The number of fused-ring (bicyclic) bond motifs is 1. The molecule has 2 rings (SSSR count). The summed E-state index contributed by atoms with van der Waals surface area (Å²) in [5, 5.41) is 0. The van der Waals surface area contributed by atoms with Crippen LogP contribution in [0.5, 0.6) is 5.75 Å². The van der Waals surface area contributed by atoms with Gasteiger partial charge in [-0.3, -0.25) is 0 Å². The van der Waals surface area contributed by atoms with Gasteiger partial charge in [0.05, 0.1) is 12.3 Å². The van der Waals surface area contributed by atoms with E-state index in [2.05, 4.69) is 11.9 Å². The summed E-state index contributed by atoms with van der Waals surface area (Å²) in [5.74, 6) is 1.70. The fourth-order valence-electron chi connectivity index (χ4n) is 1.32. The summed E-state index contributed by atoms with van der Waals surface area (Å²) < 4.78 is 5.44. The Labute approximate surface area is 60.2 Å². The Balaban J connectivity index is 2.30. The Morgan fingerprint density at radius 2 is 2.60 bits per heavy atom. The molecule has 0 amide bonds. The molecule has 0 spiro atoms. The molecular formula is C8H11NO. The average Bonchev–Trinajstić information content (AvgIpc) is 2.33. The third-order valence-electron chi connectivity index (χ3n) is 1.87. The fraction of sp³-hybridized carbons (Fsp3) is 0.500. The Morgan fingerprint density at radius 3 is 3.50 bits per heavy atom. The van der Waals surface area contributed by atoms with E-state index < -0.39 is 0 Å². The van der Waals surface area contributed by atoms with Crippen LogP contribution in [0.3, 0.4) is 0 Å². The number of aromatic amines is 1. The summed E-state index contributed by atoms with van der Waals surface area (Å²) in [5.41, 5.74) is 1.25. The molecule has 1 N–H and O–H groups in total. The number of nitrogens with one attached hydrogen (secondary N) is 1. The van der Waals surface area contributed by atoms with Crippen molar-refractivity contribution in [2.45, 2.75) is 13.3 Å². The van der Waals surface area contributed by atoms with Crippen molar-refractivity contribution in [2.75, 3.05) is 6.61 Å². The molecular weight excluding hydrogens is 126 g/mol. The van der Waals surface area contributed by atoms with Crippen LogP contribution in [0, 0.1) is 5.92 Å². The monoisotopic (exact) mass is 137 g/mol. The van der Waals surface area contributed by atoms with Gasteiger partial charge in [-0.05, 0) is 18.4 Å². The lowest BCUT2D eigenvalue weighted by molar-refractivity contribution is 0.233. The molecule has 10 heavy (non-hydrogen) atoms. The highest BCUT2D eigenvalue weighted by Gasteiger charge is 2.15. The summed E-state index contributed by atoms with van der Waals surface area (Å²) in [6, 6.07) is 1.99. The second-order valence-electron chi connectivity index (χ2n) is 2.94. The Hall–Kier alpha value is -0.920. The molecule has 0 bridgehead atoms. The smallest absolute Gasteiger partial charge is 0.139 e. The van der Waals surface area contributed by atoms with Gasteiger partial charge in [-0.25, -0.2) is 0 Å². The van der Waals surface area contributed by atoms with Crippen molar-refractivity contribution in [1.29, 1.82) is 0 Å². The largest absolute Gasteiger partial charge is 0.491 e. The maximum atomic E-state index is 5.44. The van der Waals surface area contributed by atoms with E-state index >= 15 is 0 Å². The zero-order chi connectivity index (χ0) is 6.97. The SMILES string of the molecule is CC1COc2cc[nH]c2C1. The van der Waals surface area contributed by atoms with E-state index in [0.29, 0.717) is 5.92 Å². The van der Waals surface area contributed by atoms with Crippen LogP contribution in [0.25, 0.3) is 0 Å². The van der Waals surface area contributed by atoms with Crippen molar-refractivity contribution in [3.8, 4) is 5.75 Å². The minimum atomic E-state index is 0.658. The molecule has 54 valence electrons. The maximum absolute atomic E-state index is 5.44. The van der Waals surface area contributed by atoms with E-state index in [1.54, 1.807) is 0 Å². The molecule has 0 saturated carbocycles. The lowest BCUT2D eigenvalue weighted by Crippen LogP contribution is -2.17. The highest BCUT2D eigenvalue weighted by Crippen LogP contribution is 2.24. The third-order valence-corrected chi connectivity index (χ3v) is 1.87. The molecule has 2 nitrogen and oxygen atoms in total. The highest BCUT2D eigenvalue weighted by molar-refractivity contribution is 5.29. The molecule has 0 saturated heterocycles. The summed E-state index contributed by atoms with van der Waals surface area (Å²) in [6.07, 6.45) is 3.06. The predicted octanol–water partition coefficient (Wildman–Crippen LogP) is 1.59. The zero-order valence-electron chi connectivity index (χ0n) is 6.05. The third kappa shape index (κ3) is 0.801. The van der Waals surface area contributed by atoms with E-state index in [-0.39, 0.29) is 0 Å². The highest BCUT2D eigenvalue weighted by atomic mass is 16.5. The van der Waals surface area contributed by atoms with Crippen LogP contribution in [-0.2, 0) is 6.42 Å². The zero-order valence-corrected chi connectivity index (χ0v) is 6.05. The van der Waals surface area contributed by atoms with Gasteiger partial charge in [-0.2, -0.15) is 0 Å². The lowest BCUT2D eigenvalue weighted by Gasteiger charge is -2.18. The lowest BCUT2D eigenvalue weighted by atomic mass is 10.0. The molecule has 1 aromatic heterocycles. The minimum absolute atomic E-state index is 0.658. The second kappa shape index (κ2) is 2.04. The number of hydrogen-bond donors (Lipinski definition) is 1. The van der Waals surface area contributed by atoms with Crippen molar-refractivity contribution in [2.24, 2.45) is 5.92 Å². The van der Waals surface area contributed by atoms with Crippen LogP contribution < -0.4 is 4.74 Å². The first-order valence-corrected chi connectivity index (χ1v) is 3.65. The normalized spacial score (nSPS) is 23.5. The molecule has 0 aromatic carbocycles. The number of rotatable bonds is 0. The van der Waals surface area contributed by atoms with E-state index in [4.69, 9.17) is 4.74 Å². The van der Waals surface area contributed by atoms with Gasteiger partial charge in [0.1, 0.15) is 5.75 Å². The topological polar surface area (TPSA) is 25.0 Å². The van der Waals surface area contributed by atoms with Crippen LogP contribution in [-0.4, -0.2) is 11.6 Å². The average molecular weight is 137 g/mol. The van der Waals surface area contributed by atoms with E-state index in [1.807, 2.05) is 12.3 Å². The summed E-state index contributed by atoms with van der Waals surface area (Å²) in [7, 11) is 0. The summed E-state index contributed by atoms with van der Waals surface area (Å²) in [6.45, 7) is 3.06. The van der Waals surface area contributed by atoms with Gasteiger partial charge in [0.25, 0.3) is 0 Å². The van der Waals surface area contributed by atoms with Crippen LogP contribution in [0.2, 0.25) is 0 Å². The molecule has 2 heteroatoms. The number of ether oxygens (including phenoxy) is 1. The van der Waals surface area contributed by atoms with Crippen molar-refractivity contribution >= 4 is 0 Å². The quantitative estimate of drug-likeness (QED) is 0.577. The first kappa shape index (κ1) is 5.83. The molecule has 0 fully saturated rings. The van der Waals surface area contributed by atoms with E-state index in [1.165, 1.54) is 5.69 Å².